The molecule has 132 valence electrons. The van der Waals surface area contributed by atoms with Gasteiger partial charge in [-0.1, -0.05) is 31.0 Å². The van der Waals surface area contributed by atoms with Gasteiger partial charge in [0.2, 0.25) is 0 Å². The average Bonchev–Trinajstić information content (AvgIpc) is 3.18. The Bertz CT molecular complexity index is 756. The number of rotatable bonds is 4. The molecule has 5 heteroatoms. The second-order valence-corrected chi connectivity index (χ2v) is 7.39. The smallest absolute Gasteiger partial charge is 0.320 e. The molecule has 2 aliphatic rings. The van der Waals surface area contributed by atoms with Crippen LogP contribution >= 0.6 is 0 Å². The van der Waals surface area contributed by atoms with Crippen molar-refractivity contribution in [2.75, 3.05) is 0 Å². The number of hydrogen-bond donors (Lipinski definition) is 1. The highest BCUT2D eigenvalue weighted by molar-refractivity contribution is 5.74. The Kier molecular flexibility index (Phi) is 4.34. The van der Waals surface area contributed by atoms with Crippen LogP contribution in [-0.4, -0.2) is 37.8 Å². The van der Waals surface area contributed by atoms with Crippen molar-refractivity contribution in [1.82, 2.24) is 14.7 Å². The van der Waals surface area contributed by atoms with Crippen molar-refractivity contribution in [2.24, 2.45) is 5.92 Å². The van der Waals surface area contributed by atoms with Gasteiger partial charge in [0, 0.05) is 24.3 Å². The molecule has 1 saturated heterocycles. The van der Waals surface area contributed by atoms with Gasteiger partial charge in [0.25, 0.3) is 0 Å². The summed E-state index contributed by atoms with van der Waals surface area (Å²) in [5, 5.41) is 14.3. The van der Waals surface area contributed by atoms with E-state index in [0.717, 1.165) is 29.8 Å². The molecule has 2 heterocycles. The highest BCUT2D eigenvalue weighted by Crippen LogP contribution is 2.40. The number of para-hydroxylation sites is 1. The summed E-state index contributed by atoms with van der Waals surface area (Å²) in [6, 6.07) is 10.1. The number of aromatic nitrogens is 2. The maximum Gasteiger partial charge on any atom is 0.320 e. The van der Waals surface area contributed by atoms with Gasteiger partial charge in [-0.15, -0.1) is 0 Å². The molecular formula is C20H25N3O2. The van der Waals surface area contributed by atoms with Crippen LogP contribution in [0.15, 0.2) is 36.5 Å². The molecule has 3 atom stereocenters. The minimum absolute atomic E-state index is 0.354. The lowest BCUT2D eigenvalue weighted by Gasteiger charge is -2.32. The van der Waals surface area contributed by atoms with E-state index in [0.29, 0.717) is 18.5 Å². The van der Waals surface area contributed by atoms with E-state index in [-0.39, 0.29) is 6.04 Å². The third-order valence-electron chi connectivity index (χ3n) is 5.88. The van der Waals surface area contributed by atoms with Crippen LogP contribution < -0.4 is 0 Å². The minimum Gasteiger partial charge on any atom is -0.480 e. The zero-order valence-electron chi connectivity index (χ0n) is 14.6. The Morgan fingerprint density at radius 2 is 2.00 bits per heavy atom. The first kappa shape index (κ1) is 16.3. The molecule has 1 saturated carbocycles. The second kappa shape index (κ2) is 6.64. The van der Waals surface area contributed by atoms with Gasteiger partial charge in [0.05, 0.1) is 11.4 Å². The molecular weight excluding hydrogens is 314 g/mol. The third-order valence-corrected chi connectivity index (χ3v) is 5.88. The van der Waals surface area contributed by atoms with Crippen molar-refractivity contribution >= 4 is 5.97 Å². The zero-order chi connectivity index (χ0) is 17.4. The van der Waals surface area contributed by atoms with Crippen LogP contribution in [0.25, 0.3) is 5.69 Å². The highest BCUT2D eigenvalue weighted by Gasteiger charge is 2.45. The van der Waals surface area contributed by atoms with Crippen molar-refractivity contribution in [3.8, 4) is 5.69 Å². The van der Waals surface area contributed by atoms with Gasteiger partial charge in [0.1, 0.15) is 6.04 Å². The molecule has 4 rings (SSSR count). The molecule has 1 aromatic heterocycles. The van der Waals surface area contributed by atoms with Gasteiger partial charge in [-0.05, 0) is 44.2 Å². The SMILES string of the molecule is Cc1nn(-c2ccccc2)cc1CN1C(C(=O)O)CC2CCCCC21. The lowest BCUT2D eigenvalue weighted by atomic mass is 9.84. The fraction of sp³-hybridized carbons (Fsp3) is 0.500. The average molecular weight is 339 g/mol. The second-order valence-electron chi connectivity index (χ2n) is 7.39. The van der Waals surface area contributed by atoms with Gasteiger partial charge in [0.15, 0.2) is 0 Å². The van der Waals surface area contributed by atoms with E-state index < -0.39 is 5.97 Å². The summed E-state index contributed by atoms with van der Waals surface area (Å²) < 4.78 is 1.90. The maximum absolute atomic E-state index is 11.8. The molecule has 1 aliphatic heterocycles. The van der Waals surface area contributed by atoms with E-state index in [4.69, 9.17) is 0 Å². The molecule has 5 nitrogen and oxygen atoms in total. The number of benzene rings is 1. The summed E-state index contributed by atoms with van der Waals surface area (Å²) in [7, 11) is 0. The first-order valence-electron chi connectivity index (χ1n) is 9.22. The van der Waals surface area contributed by atoms with Crippen LogP contribution in [0.1, 0.15) is 43.4 Å². The van der Waals surface area contributed by atoms with Gasteiger partial charge >= 0.3 is 5.97 Å². The van der Waals surface area contributed by atoms with Crippen LogP contribution in [0.5, 0.6) is 0 Å². The standard InChI is InChI=1S/C20H25N3O2/c1-14-16(13-23(21-14)17-8-3-2-4-9-17)12-22-18-10-6-5-7-15(18)11-19(22)20(24)25/h2-4,8-9,13,15,18-19H,5-7,10-12H2,1H3,(H,24,25). The number of carboxylic acids is 1. The van der Waals surface area contributed by atoms with Crippen LogP contribution in [-0.2, 0) is 11.3 Å². The number of fused-ring (bicyclic) bond motifs is 1. The Labute approximate surface area is 148 Å². The highest BCUT2D eigenvalue weighted by atomic mass is 16.4. The minimum atomic E-state index is -0.678. The first-order valence-corrected chi connectivity index (χ1v) is 9.22. The number of aliphatic carboxylic acids is 1. The Hall–Kier alpha value is -2.14. The fourth-order valence-corrected chi connectivity index (χ4v) is 4.58. The van der Waals surface area contributed by atoms with Crippen LogP contribution in [0.2, 0.25) is 0 Å². The van der Waals surface area contributed by atoms with Crippen molar-refractivity contribution in [3.05, 3.63) is 47.8 Å². The largest absolute Gasteiger partial charge is 0.480 e. The molecule has 2 aromatic rings. The molecule has 25 heavy (non-hydrogen) atoms. The van der Waals surface area contributed by atoms with E-state index in [9.17, 15) is 9.90 Å². The number of carboxylic acid groups (broad SMARTS) is 1. The fourth-order valence-electron chi connectivity index (χ4n) is 4.58. The number of nitrogens with zero attached hydrogens (tertiary/aromatic N) is 3. The number of hydrogen-bond acceptors (Lipinski definition) is 3. The zero-order valence-corrected chi connectivity index (χ0v) is 14.6. The summed E-state index contributed by atoms with van der Waals surface area (Å²) in [6.07, 6.45) is 7.61. The predicted molar refractivity (Wildman–Crippen MR) is 95.6 cm³/mol. The van der Waals surface area contributed by atoms with E-state index in [1.807, 2.05) is 41.9 Å². The Morgan fingerprint density at radius 3 is 2.76 bits per heavy atom. The molecule has 1 N–H and O–H groups in total. The van der Waals surface area contributed by atoms with E-state index in [2.05, 4.69) is 16.2 Å². The lowest BCUT2D eigenvalue weighted by Crippen LogP contribution is -2.41. The molecule has 1 aromatic carbocycles. The van der Waals surface area contributed by atoms with Crippen molar-refractivity contribution in [3.63, 3.8) is 0 Å². The molecule has 0 amide bonds. The topological polar surface area (TPSA) is 58.4 Å². The summed E-state index contributed by atoms with van der Waals surface area (Å²) >= 11 is 0. The predicted octanol–water partition coefficient (Wildman–Crippen LogP) is 3.40. The molecule has 0 bridgehead atoms. The first-order chi connectivity index (χ1) is 12.1. The number of carbonyl (C=O) groups is 1. The number of likely N-dealkylation sites (tertiary alicyclic amines) is 1. The van der Waals surface area contributed by atoms with Crippen LogP contribution in [0.4, 0.5) is 0 Å². The van der Waals surface area contributed by atoms with Gasteiger partial charge < -0.3 is 5.11 Å². The van der Waals surface area contributed by atoms with Crippen molar-refractivity contribution < 1.29 is 9.90 Å². The van der Waals surface area contributed by atoms with Crippen molar-refractivity contribution in [1.29, 1.82) is 0 Å². The Morgan fingerprint density at radius 1 is 1.24 bits per heavy atom. The van der Waals surface area contributed by atoms with Gasteiger partial charge in [-0.2, -0.15) is 5.10 Å². The Balaban J connectivity index is 1.60. The molecule has 0 radical (unpaired) electrons. The summed E-state index contributed by atoms with van der Waals surface area (Å²) in [6.45, 7) is 2.69. The summed E-state index contributed by atoms with van der Waals surface area (Å²) in [5.41, 5.74) is 3.14. The molecule has 1 aliphatic carbocycles. The third kappa shape index (κ3) is 3.09. The number of aryl methyl sites for hydroxylation is 1. The maximum atomic E-state index is 11.8. The summed E-state index contributed by atoms with van der Waals surface area (Å²) in [5.74, 6) is -0.137. The summed E-state index contributed by atoms with van der Waals surface area (Å²) in [4.78, 5) is 14.0. The molecule has 0 spiro atoms. The van der Waals surface area contributed by atoms with Gasteiger partial charge in [-0.25, -0.2) is 4.68 Å². The van der Waals surface area contributed by atoms with Crippen molar-refractivity contribution in [2.45, 2.75) is 57.7 Å². The van der Waals surface area contributed by atoms with Crippen LogP contribution in [0, 0.1) is 12.8 Å². The van der Waals surface area contributed by atoms with Gasteiger partial charge in [-0.3, -0.25) is 9.69 Å². The normalized spacial score (nSPS) is 26.5. The van der Waals surface area contributed by atoms with E-state index >= 15 is 0 Å². The van der Waals surface area contributed by atoms with E-state index in [1.165, 1.54) is 19.3 Å². The quantitative estimate of drug-likeness (QED) is 0.927. The lowest BCUT2D eigenvalue weighted by molar-refractivity contribution is -0.142. The molecule has 2 fully saturated rings. The van der Waals surface area contributed by atoms with Crippen LogP contribution in [0.3, 0.4) is 0 Å². The monoisotopic (exact) mass is 339 g/mol. The van der Waals surface area contributed by atoms with E-state index in [1.54, 1.807) is 0 Å². The molecule has 3 unspecified atom stereocenters.